The zero-order chi connectivity index (χ0) is 17.2. The maximum absolute atomic E-state index is 12.5. The molecule has 23 heavy (non-hydrogen) atoms. The van der Waals surface area contributed by atoms with E-state index in [1.165, 1.54) is 11.8 Å². The van der Waals surface area contributed by atoms with Crippen molar-refractivity contribution in [3.8, 4) is 0 Å². The largest absolute Gasteiger partial charge is 0.471 e. The Balaban J connectivity index is 2.30. The van der Waals surface area contributed by atoms with Gasteiger partial charge in [-0.1, -0.05) is 25.1 Å². The lowest BCUT2D eigenvalue weighted by atomic mass is 9.74. The van der Waals surface area contributed by atoms with Crippen molar-refractivity contribution in [2.24, 2.45) is 17.3 Å². The van der Waals surface area contributed by atoms with Crippen molar-refractivity contribution in [1.29, 1.82) is 0 Å². The monoisotopic (exact) mass is 360 g/mol. The van der Waals surface area contributed by atoms with E-state index in [1.54, 1.807) is 13.8 Å². The summed E-state index contributed by atoms with van der Waals surface area (Å²) in [6.45, 7) is 5.75. The lowest BCUT2D eigenvalue weighted by molar-refractivity contribution is -0.165. The first-order valence-electron chi connectivity index (χ1n) is 7.97. The van der Waals surface area contributed by atoms with E-state index in [4.69, 9.17) is 26.4 Å². The van der Waals surface area contributed by atoms with Crippen LogP contribution in [0, 0.1) is 17.3 Å². The van der Waals surface area contributed by atoms with Gasteiger partial charge in [-0.15, -0.1) is 0 Å². The molecule has 0 radical (unpaired) electrons. The Labute approximate surface area is 146 Å². The number of esters is 2. The molecule has 0 aromatic heterocycles. The van der Waals surface area contributed by atoms with Crippen LogP contribution in [0.15, 0.2) is 0 Å². The molecule has 130 valence electrons. The van der Waals surface area contributed by atoms with Crippen molar-refractivity contribution in [2.75, 3.05) is 12.9 Å². The van der Waals surface area contributed by atoms with Crippen LogP contribution >= 0.6 is 24.0 Å². The maximum Gasteiger partial charge on any atom is 0.324 e. The molecule has 2 fully saturated rings. The summed E-state index contributed by atoms with van der Waals surface area (Å²) in [5.74, 6) is -0.837. The van der Waals surface area contributed by atoms with Crippen LogP contribution in [-0.4, -0.2) is 41.4 Å². The normalized spacial score (nSPS) is 36.6. The second kappa shape index (κ2) is 7.38. The molecule has 0 unspecified atom stereocenters. The molecule has 5 nitrogen and oxygen atoms in total. The summed E-state index contributed by atoms with van der Waals surface area (Å²) in [6, 6.07) is 0. The van der Waals surface area contributed by atoms with Crippen molar-refractivity contribution in [1.82, 2.24) is 0 Å². The number of hydrogen-bond acceptors (Lipinski definition) is 7. The van der Waals surface area contributed by atoms with Crippen LogP contribution in [0.1, 0.15) is 40.0 Å². The molecule has 0 aromatic carbocycles. The minimum Gasteiger partial charge on any atom is -0.471 e. The zero-order valence-corrected chi connectivity index (χ0v) is 15.6. The van der Waals surface area contributed by atoms with E-state index in [0.29, 0.717) is 10.3 Å². The molecule has 7 heteroatoms. The molecule has 1 saturated carbocycles. The third-order valence-electron chi connectivity index (χ3n) is 4.89. The number of fused-ring (bicyclic) bond motifs is 1. The van der Waals surface area contributed by atoms with Gasteiger partial charge in [0, 0.05) is 5.92 Å². The molecule has 1 heterocycles. The average Bonchev–Trinajstić information content (AvgIpc) is 2.66. The van der Waals surface area contributed by atoms with Crippen molar-refractivity contribution >= 4 is 40.3 Å². The van der Waals surface area contributed by atoms with Crippen LogP contribution in [0.4, 0.5) is 0 Å². The van der Waals surface area contributed by atoms with E-state index >= 15 is 0 Å². The molecular weight excluding hydrogens is 336 g/mol. The summed E-state index contributed by atoms with van der Waals surface area (Å²) in [6.07, 6.45) is 3.50. The third kappa shape index (κ3) is 3.50. The molecular formula is C16H24O5S2. The van der Waals surface area contributed by atoms with Gasteiger partial charge in [-0.2, -0.15) is 0 Å². The lowest BCUT2D eigenvalue weighted by Crippen LogP contribution is -2.43. The van der Waals surface area contributed by atoms with Gasteiger partial charge in [0.25, 0.3) is 0 Å². The zero-order valence-electron chi connectivity index (χ0n) is 14.0. The minimum absolute atomic E-state index is 0.242. The number of rotatable bonds is 3. The van der Waals surface area contributed by atoms with Crippen LogP contribution < -0.4 is 0 Å². The highest BCUT2D eigenvalue weighted by Gasteiger charge is 2.62. The van der Waals surface area contributed by atoms with Gasteiger partial charge in [-0.05, 0) is 51.1 Å². The van der Waals surface area contributed by atoms with Crippen LogP contribution in [0.25, 0.3) is 0 Å². The van der Waals surface area contributed by atoms with E-state index in [0.717, 1.165) is 19.3 Å². The Morgan fingerprint density at radius 3 is 2.78 bits per heavy atom. The number of thiocarbonyl (C=S) groups is 1. The molecule has 0 amide bonds. The fraction of sp³-hybridized carbons (Fsp3) is 0.812. The number of ether oxygens (including phenoxy) is 3. The van der Waals surface area contributed by atoms with Crippen molar-refractivity contribution in [3.63, 3.8) is 0 Å². The minimum atomic E-state index is -1.26. The fourth-order valence-electron chi connectivity index (χ4n) is 3.51. The topological polar surface area (TPSA) is 61.8 Å². The highest BCUT2D eigenvalue weighted by Crippen LogP contribution is 2.48. The van der Waals surface area contributed by atoms with E-state index in [1.807, 2.05) is 6.26 Å². The SMILES string of the molecule is CCOC(=O)[C@@]1(C)C(=O)O[C@H]2[C@@H](OC(=S)SC)C[C@@H](C)CC[C@H]21. The summed E-state index contributed by atoms with van der Waals surface area (Å²) >= 11 is 6.52. The first-order valence-corrected chi connectivity index (χ1v) is 9.60. The highest BCUT2D eigenvalue weighted by molar-refractivity contribution is 8.22. The molecule has 2 rings (SSSR count). The standard InChI is InChI=1S/C16H24O5S2/c1-5-19-13(17)16(3)10-7-6-9(2)8-11(20-15(22)23-4)12(10)21-14(16)18/h9-12H,5-8H2,1-4H3/t9-,10+,11-,12+,16-/m0/s1. The molecule has 0 spiro atoms. The lowest BCUT2D eigenvalue weighted by Gasteiger charge is -2.28. The fourth-order valence-corrected chi connectivity index (χ4v) is 3.85. The Bertz CT molecular complexity index is 495. The van der Waals surface area contributed by atoms with Crippen molar-refractivity contribution in [2.45, 2.75) is 52.2 Å². The quantitative estimate of drug-likeness (QED) is 0.435. The van der Waals surface area contributed by atoms with E-state index in [9.17, 15) is 9.59 Å². The molecule has 0 bridgehead atoms. The van der Waals surface area contributed by atoms with Gasteiger partial charge in [0.2, 0.25) is 4.38 Å². The van der Waals surface area contributed by atoms with Crippen LogP contribution in [0.5, 0.6) is 0 Å². The van der Waals surface area contributed by atoms with Gasteiger partial charge in [-0.3, -0.25) is 9.59 Å². The molecule has 0 N–H and O–H groups in total. The van der Waals surface area contributed by atoms with E-state index < -0.39 is 23.5 Å². The van der Waals surface area contributed by atoms with Crippen molar-refractivity contribution in [3.05, 3.63) is 0 Å². The molecule has 5 atom stereocenters. The molecule has 1 saturated heterocycles. The summed E-state index contributed by atoms with van der Waals surface area (Å²) < 4.78 is 17.0. The summed E-state index contributed by atoms with van der Waals surface area (Å²) in [4.78, 5) is 24.9. The predicted octanol–water partition coefficient (Wildman–Crippen LogP) is 2.95. The Hall–Kier alpha value is -0.820. The molecule has 0 aromatic rings. The van der Waals surface area contributed by atoms with Gasteiger partial charge < -0.3 is 14.2 Å². The van der Waals surface area contributed by atoms with E-state index in [2.05, 4.69) is 6.92 Å². The van der Waals surface area contributed by atoms with Crippen LogP contribution in [-0.2, 0) is 23.8 Å². The first kappa shape index (κ1) is 18.5. The number of hydrogen-bond donors (Lipinski definition) is 0. The third-order valence-corrected chi connectivity index (χ3v) is 5.92. The summed E-state index contributed by atoms with van der Waals surface area (Å²) in [5.41, 5.74) is -1.26. The maximum atomic E-state index is 12.5. The Kier molecular flexibility index (Phi) is 5.94. The molecule has 1 aliphatic carbocycles. The Morgan fingerprint density at radius 2 is 2.17 bits per heavy atom. The van der Waals surface area contributed by atoms with Crippen LogP contribution in [0.3, 0.4) is 0 Å². The van der Waals surface area contributed by atoms with E-state index in [-0.39, 0.29) is 18.6 Å². The number of carbonyl (C=O) groups excluding carboxylic acids is 2. The van der Waals surface area contributed by atoms with Gasteiger partial charge >= 0.3 is 11.9 Å². The Morgan fingerprint density at radius 1 is 1.48 bits per heavy atom. The van der Waals surface area contributed by atoms with Crippen molar-refractivity contribution < 1.29 is 23.8 Å². The van der Waals surface area contributed by atoms with Crippen LogP contribution in [0.2, 0.25) is 0 Å². The van der Waals surface area contributed by atoms with Gasteiger partial charge in [0.1, 0.15) is 12.2 Å². The second-order valence-electron chi connectivity index (χ2n) is 6.43. The molecule has 1 aliphatic heterocycles. The molecule has 2 aliphatic rings. The van der Waals surface area contributed by atoms with Gasteiger partial charge in [0.05, 0.1) is 6.61 Å². The number of carbonyl (C=O) groups is 2. The van der Waals surface area contributed by atoms with Gasteiger partial charge in [0.15, 0.2) is 5.41 Å². The second-order valence-corrected chi connectivity index (χ2v) is 7.84. The van der Waals surface area contributed by atoms with Gasteiger partial charge in [-0.25, -0.2) is 0 Å². The first-order chi connectivity index (χ1) is 10.8. The number of thioether (sulfide) groups is 1. The summed E-state index contributed by atoms with van der Waals surface area (Å²) in [5, 5.41) is 0. The summed E-state index contributed by atoms with van der Waals surface area (Å²) in [7, 11) is 0. The predicted molar refractivity (Wildman–Crippen MR) is 92.1 cm³/mol. The highest BCUT2D eigenvalue weighted by atomic mass is 32.2. The average molecular weight is 360 g/mol. The smallest absolute Gasteiger partial charge is 0.324 e.